The zero-order chi connectivity index (χ0) is 12.5. The zero-order valence-electron chi connectivity index (χ0n) is 10.8. The molecule has 2 atom stereocenters. The van der Waals surface area contributed by atoms with Gasteiger partial charge >= 0.3 is 0 Å². The van der Waals surface area contributed by atoms with Gasteiger partial charge in [-0.2, -0.15) is 0 Å². The number of fused-ring (bicyclic) bond motifs is 1. The molecule has 5 heteroatoms. The van der Waals surface area contributed by atoms with E-state index in [-0.39, 0.29) is 5.92 Å². The molecule has 2 unspecified atom stereocenters. The molecule has 5 nitrogen and oxygen atoms in total. The molecular weight excluding hydrogens is 228 g/mol. The van der Waals surface area contributed by atoms with Crippen molar-refractivity contribution in [2.45, 2.75) is 26.4 Å². The van der Waals surface area contributed by atoms with E-state index >= 15 is 0 Å². The average molecular weight is 248 g/mol. The van der Waals surface area contributed by atoms with Crippen molar-refractivity contribution in [2.75, 3.05) is 19.6 Å². The number of amides is 1. The fourth-order valence-corrected chi connectivity index (χ4v) is 2.96. The maximum atomic E-state index is 12.5. The van der Waals surface area contributed by atoms with E-state index in [1.165, 1.54) is 0 Å². The maximum absolute atomic E-state index is 12.5. The van der Waals surface area contributed by atoms with Crippen LogP contribution in [0.25, 0.3) is 0 Å². The average Bonchev–Trinajstić information content (AvgIpc) is 2.85. The molecule has 3 rings (SSSR count). The Balaban J connectivity index is 1.67. The molecule has 2 aliphatic heterocycles. The molecule has 18 heavy (non-hydrogen) atoms. The highest BCUT2D eigenvalue weighted by Gasteiger charge is 2.30. The van der Waals surface area contributed by atoms with E-state index in [0.717, 1.165) is 38.4 Å². The maximum Gasteiger partial charge on any atom is 0.227 e. The van der Waals surface area contributed by atoms with Crippen LogP contribution in [0.15, 0.2) is 12.4 Å². The van der Waals surface area contributed by atoms with Crippen LogP contribution in [-0.4, -0.2) is 40.0 Å². The lowest BCUT2D eigenvalue weighted by Crippen LogP contribution is -2.47. The second kappa shape index (κ2) is 4.72. The number of rotatable bonds is 1. The first-order valence-corrected chi connectivity index (χ1v) is 6.73. The lowest BCUT2D eigenvalue weighted by molar-refractivity contribution is -0.138. The predicted octanol–water partition coefficient (Wildman–Crippen LogP) is 0.471. The molecule has 0 aliphatic carbocycles. The van der Waals surface area contributed by atoms with Gasteiger partial charge in [0.05, 0.1) is 12.5 Å². The minimum absolute atomic E-state index is 0.148. The topological polar surface area (TPSA) is 50.2 Å². The Bertz CT molecular complexity index is 442. The van der Waals surface area contributed by atoms with Crippen molar-refractivity contribution in [1.29, 1.82) is 0 Å². The molecule has 98 valence electrons. The van der Waals surface area contributed by atoms with Gasteiger partial charge in [-0.15, -0.1) is 0 Å². The number of nitrogens with one attached hydrogen (secondary N) is 1. The number of carbonyl (C=O) groups is 1. The van der Waals surface area contributed by atoms with Gasteiger partial charge in [0.2, 0.25) is 5.91 Å². The molecule has 2 aliphatic rings. The summed E-state index contributed by atoms with van der Waals surface area (Å²) in [4.78, 5) is 18.7. The summed E-state index contributed by atoms with van der Waals surface area (Å²) in [6, 6.07) is 0. The van der Waals surface area contributed by atoms with E-state index in [0.29, 0.717) is 18.4 Å². The van der Waals surface area contributed by atoms with Crippen LogP contribution in [0, 0.1) is 11.8 Å². The molecule has 0 spiro atoms. The van der Waals surface area contributed by atoms with Crippen LogP contribution in [0.3, 0.4) is 0 Å². The largest absolute Gasteiger partial charge is 0.333 e. The summed E-state index contributed by atoms with van der Waals surface area (Å²) >= 11 is 0. The molecule has 0 radical (unpaired) electrons. The third-order valence-electron chi connectivity index (χ3n) is 3.98. The van der Waals surface area contributed by atoms with Crippen molar-refractivity contribution in [2.24, 2.45) is 11.8 Å². The number of hydrogen-bond donors (Lipinski definition) is 1. The molecule has 1 aromatic heterocycles. The summed E-state index contributed by atoms with van der Waals surface area (Å²) in [7, 11) is 0. The molecular formula is C13H20N4O. The first-order valence-electron chi connectivity index (χ1n) is 6.73. The van der Waals surface area contributed by atoms with Gasteiger partial charge in [-0.05, 0) is 18.9 Å². The SMILES string of the molecule is CC1CNCC(C(=O)N2CCn3ccnc3C2)C1. The van der Waals surface area contributed by atoms with Crippen molar-refractivity contribution in [3.8, 4) is 0 Å². The Kier molecular flexibility index (Phi) is 3.07. The molecule has 1 fully saturated rings. The summed E-state index contributed by atoms with van der Waals surface area (Å²) in [5.74, 6) is 2.05. The number of nitrogens with zero attached hydrogens (tertiary/aromatic N) is 3. The van der Waals surface area contributed by atoms with Gasteiger partial charge in [0.25, 0.3) is 0 Å². The zero-order valence-corrected chi connectivity index (χ0v) is 10.8. The van der Waals surface area contributed by atoms with E-state index in [1.807, 2.05) is 17.3 Å². The molecule has 3 heterocycles. The van der Waals surface area contributed by atoms with Gasteiger partial charge in [0.15, 0.2) is 0 Å². The standard InChI is InChI=1S/C13H20N4O/c1-10-6-11(8-14-7-10)13(18)17-5-4-16-3-2-15-12(16)9-17/h2-3,10-11,14H,4-9H2,1H3. The highest BCUT2D eigenvalue weighted by atomic mass is 16.2. The summed E-state index contributed by atoms with van der Waals surface area (Å²) in [6.07, 6.45) is 4.81. The van der Waals surface area contributed by atoms with Crippen molar-refractivity contribution in [1.82, 2.24) is 19.8 Å². The molecule has 1 aromatic rings. The van der Waals surface area contributed by atoms with Crippen molar-refractivity contribution < 1.29 is 4.79 Å². The van der Waals surface area contributed by atoms with E-state index in [2.05, 4.69) is 21.8 Å². The molecule has 0 bridgehead atoms. The fourth-order valence-electron chi connectivity index (χ4n) is 2.96. The van der Waals surface area contributed by atoms with Crippen LogP contribution < -0.4 is 5.32 Å². The number of piperidine rings is 1. The first kappa shape index (κ1) is 11.7. The third kappa shape index (κ3) is 2.14. The van der Waals surface area contributed by atoms with Crippen LogP contribution in [0.4, 0.5) is 0 Å². The van der Waals surface area contributed by atoms with Gasteiger partial charge in [0, 0.05) is 32.0 Å². The highest BCUT2D eigenvalue weighted by Crippen LogP contribution is 2.20. The highest BCUT2D eigenvalue weighted by molar-refractivity contribution is 5.79. The van der Waals surface area contributed by atoms with Gasteiger partial charge in [0.1, 0.15) is 5.82 Å². The summed E-state index contributed by atoms with van der Waals surface area (Å²) < 4.78 is 2.13. The lowest BCUT2D eigenvalue weighted by Gasteiger charge is -2.34. The first-order chi connectivity index (χ1) is 8.74. The fraction of sp³-hybridized carbons (Fsp3) is 0.692. The number of hydrogen-bond acceptors (Lipinski definition) is 3. The van der Waals surface area contributed by atoms with Gasteiger partial charge in [-0.25, -0.2) is 4.98 Å². The normalized spacial score (nSPS) is 27.9. The van der Waals surface area contributed by atoms with E-state index in [1.54, 1.807) is 0 Å². The van der Waals surface area contributed by atoms with Crippen LogP contribution >= 0.6 is 0 Å². The molecule has 0 saturated carbocycles. The molecule has 1 amide bonds. The lowest BCUT2D eigenvalue weighted by atomic mass is 9.90. The second-order valence-electron chi connectivity index (χ2n) is 5.49. The molecule has 0 aromatic carbocycles. The predicted molar refractivity (Wildman–Crippen MR) is 67.8 cm³/mol. The van der Waals surface area contributed by atoms with E-state index in [4.69, 9.17) is 0 Å². The Labute approximate surface area is 107 Å². The van der Waals surface area contributed by atoms with Gasteiger partial charge < -0.3 is 14.8 Å². The number of carbonyl (C=O) groups excluding carboxylic acids is 1. The number of aromatic nitrogens is 2. The molecule has 1 saturated heterocycles. The van der Waals surface area contributed by atoms with E-state index in [9.17, 15) is 4.79 Å². The Morgan fingerprint density at radius 3 is 3.17 bits per heavy atom. The third-order valence-corrected chi connectivity index (χ3v) is 3.98. The van der Waals surface area contributed by atoms with Crippen molar-refractivity contribution in [3.05, 3.63) is 18.2 Å². The van der Waals surface area contributed by atoms with E-state index < -0.39 is 0 Å². The smallest absolute Gasteiger partial charge is 0.227 e. The number of imidazole rings is 1. The summed E-state index contributed by atoms with van der Waals surface area (Å²) in [5.41, 5.74) is 0. The van der Waals surface area contributed by atoms with Crippen LogP contribution in [0.5, 0.6) is 0 Å². The second-order valence-corrected chi connectivity index (χ2v) is 5.49. The Morgan fingerprint density at radius 1 is 1.44 bits per heavy atom. The Morgan fingerprint density at radius 2 is 2.33 bits per heavy atom. The summed E-state index contributed by atoms with van der Waals surface area (Å²) in [6.45, 7) is 6.41. The molecule has 1 N–H and O–H groups in total. The van der Waals surface area contributed by atoms with Crippen LogP contribution in [-0.2, 0) is 17.9 Å². The van der Waals surface area contributed by atoms with Crippen molar-refractivity contribution >= 4 is 5.91 Å². The van der Waals surface area contributed by atoms with Gasteiger partial charge in [-0.3, -0.25) is 4.79 Å². The van der Waals surface area contributed by atoms with Crippen molar-refractivity contribution in [3.63, 3.8) is 0 Å². The van der Waals surface area contributed by atoms with Crippen LogP contribution in [0.2, 0.25) is 0 Å². The summed E-state index contributed by atoms with van der Waals surface area (Å²) in [5, 5.41) is 3.35. The minimum Gasteiger partial charge on any atom is -0.333 e. The van der Waals surface area contributed by atoms with Crippen LogP contribution in [0.1, 0.15) is 19.2 Å². The monoisotopic (exact) mass is 248 g/mol. The quantitative estimate of drug-likeness (QED) is 0.786. The van der Waals surface area contributed by atoms with Gasteiger partial charge in [-0.1, -0.05) is 6.92 Å². The Hall–Kier alpha value is -1.36. The minimum atomic E-state index is 0.148.